The molecule has 2 saturated carbocycles. The lowest BCUT2D eigenvalue weighted by Gasteiger charge is -2.29. The van der Waals surface area contributed by atoms with Gasteiger partial charge in [0.2, 0.25) is 0 Å². The van der Waals surface area contributed by atoms with Crippen molar-refractivity contribution < 1.29 is 9.53 Å². The Kier molecular flexibility index (Phi) is 7.79. The molecule has 0 unspecified atom stereocenters. The molecule has 0 heterocycles. The fraction of sp³-hybridized carbons (Fsp3) is 0.720. The van der Waals surface area contributed by atoms with Gasteiger partial charge in [-0.15, -0.1) is 0 Å². The quantitative estimate of drug-likeness (QED) is 0.471. The van der Waals surface area contributed by atoms with E-state index in [1.165, 1.54) is 69.8 Å². The van der Waals surface area contributed by atoms with Crippen LogP contribution in [0.4, 0.5) is 0 Å². The van der Waals surface area contributed by atoms with Gasteiger partial charge in [0, 0.05) is 0 Å². The maximum atomic E-state index is 12.5. The Morgan fingerprint density at radius 2 is 1.33 bits per heavy atom. The maximum Gasteiger partial charge on any atom is 0.338 e. The lowest BCUT2D eigenvalue weighted by molar-refractivity contribution is 0.0161. The van der Waals surface area contributed by atoms with Crippen LogP contribution in [0.5, 0.6) is 0 Å². The van der Waals surface area contributed by atoms with Crippen molar-refractivity contribution in [2.24, 2.45) is 11.8 Å². The van der Waals surface area contributed by atoms with Crippen molar-refractivity contribution in [1.29, 1.82) is 0 Å². The van der Waals surface area contributed by atoms with E-state index in [1.807, 2.05) is 12.1 Å². The van der Waals surface area contributed by atoms with Crippen LogP contribution in [0.3, 0.4) is 0 Å². The van der Waals surface area contributed by atoms with Gasteiger partial charge in [-0.1, -0.05) is 51.7 Å². The Morgan fingerprint density at radius 3 is 1.85 bits per heavy atom. The number of carbonyl (C=O) groups is 1. The summed E-state index contributed by atoms with van der Waals surface area (Å²) in [6.07, 6.45) is 15.2. The first-order valence-corrected chi connectivity index (χ1v) is 11.5. The summed E-state index contributed by atoms with van der Waals surface area (Å²) >= 11 is 0. The number of hydrogen-bond acceptors (Lipinski definition) is 2. The molecule has 1 aromatic carbocycles. The first-order chi connectivity index (χ1) is 13.2. The number of carbonyl (C=O) groups excluding carboxylic acids is 1. The predicted octanol–water partition coefficient (Wildman–Crippen LogP) is 7.28. The molecule has 0 spiro atoms. The molecular weight excluding hydrogens is 332 g/mol. The summed E-state index contributed by atoms with van der Waals surface area (Å²) in [6, 6.07) is 8.30. The van der Waals surface area contributed by atoms with Gasteiger partial charge < -0.3 is 4.74 Å². The lowest BCUT2D eigenvalue weighted by atomic mass is 9.77. The second kappa shape index (κ2) is 10.3. The summed E-state index contributed by atoms with van der Waals surface area (Å²) in [5, 5.41) is 0. The van der Waals surface area contributed by atoms with E-state index in [4.69, 9.17) is 4.74 Å². The molecule has 2 heteroatoms. The number of esters is 1. The second-order valence-corrected chi connectivity index (χ2v) is 8.97. The van der Waals surface area contributed by atoms with E-state index in [0.717, 1.165) is 24.7 Å². The standard InChI is InChI=1S/C25H38O2/c1-3-5-19-7-11-21(12-8-19)22-13-15-23(16-14-22)25(26)27-24-17-9-20(6-4-2)10-18-24/h13-16,19-21,24H,3-12,17-18H2,1-2H3/t19-,20-,21-,24-. The largest absolute Gasteiger partial charge is 0.459 e. The topological polar surface area (TPSA) is 26.3 Å². The summed E-state index contributed by atoms with van der Waals surface area (Å²) in [6.45, 7) is 4.55. The van der Waals surface area contributed by atoms with Crippen LogP contribution in [0.1, 0.15) is 113 Å². The van der Waals surface area contributed by atoms with E-state index in [2.05, 4.69) is 26.0 Å². The first kappa shape index (κ1) is 20.4. The zero-order valence-corrected chi connectivity index (χ0v) is 17.4. The van der Waals surface area contributed by atoms with Gasteiger partial charge in [0.1, 0.15) is 6.10 Å². The fourth-order valence-corrected chi connectivity index (χ4v) is 5.25. The van der Waals surface area contributed by atoms with E-state index in [9.17, 15) is 4.79 Å². The minimum atomic E-state index is -0.132. The van der Waals surface area contributed by atoms with Crippen molar-refractivity contribution in [3.05, 3.63) is 35.4 Å². The Morgan fingerprint density at radius 1 is 0.815 bits per heavy atom. The number of benzene rings is 1. The smallest absolute Gasteiger partial charge is 0.338 e. The normalized spacial score (nSPS) is 28.7. The molecule has 2 nitrogen and oxygen atoms in total. The van der Waals surface area contributed by atoms with Gasteiger partial charge in [-0.2, -0.15) is 0 Å². The van der Waals surface area contributed by atoms with Crippen LogP contribution < -0.4 is 0 Å². The summed E-state index contributed by atoms with van der Waals surface area (Å²) in [7, 11) is 0. The summed E-state index contributed by atoms with van der Waals surface area (Å²) in [4.78, 5) is 12.5. The molecule has 0 saturated heterocycles. The van der Waals surface area contributed by atoms with Gasteiger partial charge in [0.15, 0.2) is 0 Å². The van der Waals surface area contributed by atoms with Crippen LogP contribution in [0.2, 0.25) is 0 Å². The molecule has 2 fully saturated rings. The highest BCUT2D eigenvalue weighted by Gasteiger charge is 2.25. The third-order valence-corrected chi connectivity index (χ3v) is 6.93. The van der Waals surface area contributed by atoms with Gasteiger partial charge in [-0.25, -0.2) is 4.79 Å². The molecule has 0 amide bonds. The molecular formula is C25H38O2. The van der Waals surface area contributed by atoms with Crippen LogP contribution in [0.25, 0.3) is 0 Å². The van der Waals surface area contributed by atoms with E-state index < -0.39 is 0 Å². The van der Waals surface area contributed by atoms with Gasteiger partial charge in [0.25, 0.3) is 0 Å². The van der Waals surface area contributed by atoms with Crippen LogP contribution in [-0.4, -0.2) is 12.1 Å². The molecule has 0 N–H and O–H groups in total. The molecule has 0 aliphatic heterocycles. The Hall–Kier alpha value is -1.31. The molecule has 2 aliphatic rings. The SMILES string of the molecule is CCC[C@H]1CC[C@H](OC(=O)c2ccc([C@H]3CC[C@H](CCC)CC3)cc2)CC1. The Balaban J connectivity index is 1.47. The second-order valence-electron chi connectivity index (χ2n) is 8.97. The van der Waals surface area contributed by atoms with Crippen molar-refractivity contribution >= 4 is 5.97 Å². The zero-order chi connectivity index (χ0) is 19.1. The van der Waals surface area contributed by atoms with Crippen molar-refractivity contribution in [1.82, 2.24) is 0 Å². The minimum absolute atomic E-state index is 0.124. The molecule has 0 bridgehead atoms. The average molecular weight is 371 g/mol. The van der Waals surface area contributed by atoms with Gasteiger partial charge in [0.05, 0.1) is 5.56 Å². The monoisotopic (exact) mass is 370 g/mol. The molecule has 1 aromatic rings. The zero-order valence-electron chi connectivity index (χ0n) is 17.4. The molecule has 150 valence electrons. The van der Waals surface area contributed by atoms with E-state index in [-0.39, 0.29) is 12.1 Å². The van der Waals surface area contributed by atoms with Gasteiger partial charge in [-0.05, 0) is 86.8 Å². The van der Waals surface area contributed by atoms with Gasteiger partial charge >= 0.3 is 5.97 Å². The highest BCUT2D eigenvalue weighted by atomic mass is 16.5. The van der Waals surface area contributed by atoms with Crippen LogP contribution in [0.15, 0.2) is 24.3 Å². The molecule has 3 rings (SSSR count). The average Bonchev–Trinajstić information content (AvgIpc) is 2.71. The Bertz CT molecular complexity index is 560. The fourth-order valence-electron chi connectivity index (χ4n) is 5.25. The Labute approximate surface area is 166 Å². The predicted molar refractivity (Wildman–Crippen MR) is 112 cm³/mol. The van der Waals surface area contributed by atoms with E-state index >= 15 is 0 Å². The van der Waals surface area contributed by atoms with E-state index in [1.54, 1.807) is 0 Å². The highest BCUT2D eigenvalue weighted by molar-refractivity contribution is 5.89. The number of hydrogen-bond donors (Lipinski definition) is 0. The lowest BCUT2D eigenvalue weighted by Crippen LogP contribution is -2.24. The number of rotatable bonds is 7. The molecule has 2 aliphatic carbocycles. The maximum absolute atomic E-state index is 12.5. The third kappa shape index (κ3) is 5.83. The highest BCUT2D eigenvalue weighted by Crippen LogP contribution is 2.37. The molecule has 0 radical (unpaired) electrons. The minimum Gasteiger partial charge on any atom is -0.459 e. The van der Waals surface area contributed by atoms with Crippen molar-refractivity contribution in [2.45, 2.75) is 103 Å². The van der Waals surface area contributed by atoms with Crippen molar-refractivity contribution in [3.8, 4) is 0 Å². The van der Waals surface area contributed by atoms with Gasteiger partial charge in [-0.3, -0.25) is 0 Å². The van der Waals surface area contributed by atoms with Crippen molar-refractivity contribution in [3.63, 3.8) is 0 Å². The summed E-state index contributed by atoms with van der Waals surface area (Å²) < 4.78 is 5.79. The number of ether oxygens (including phenoxy) is 1. The van der Waals surface area contributed by atoms with Crippen LogP contribution in [-0.2, 0) is 4.74 Å². The van der Waals surface area contributed by atoms with Crippen LogP contribution >= 0.6 is 0 Å². The molecule has 27 heavy (non-hydrogen) atoms. The van der Waals surface area contributed by atoms with E-state index in [0.29, 0.717) is 11.5 Å². The molecule has 0 aromatic heterocycles. The summed E-state index contributed by atoms with van der Waals surface area (Å²) in [5.74, 6) is 2.33. The molecule has 0 atom stereocenters. The first-order valence-electron chi connectivity index (χ1n) is 11.5. The third-order valence-electron chi connectivity index (χ3n) is 6.93. The van der Waals surface area contributed by atoms with Crippen LogP contribution in [0, 0.1) is 11.8 Å². The van der Waals surface area contributed by atoms with Crippen molar-refractivity contribution in [2.75, 3.05) is 0 Å². The summed E-state index contributed by atoms with van der Waals surface area (Å²) in [5.41, 5.74) is 2.12.